The zero-order chi connectivity index (χ0) is 20.8. The zero-order valence-electron chi connectivity index (χ0n) is 17.0. The van der Waals surface area contributed by atoms with Crippen molar-refractivity contribution in [3.63, 3.8) is 0 Å². The Kier molecular flexibility index (Phi) is 6.12. The van der Waals surface area contributed by atoms with Crippen molar-refractivity contribution >= 4 is 11.8 Å². The highest BCUT2D eigenvalue weighted by Gasteiger charge is 2.37. The number of piperidine rings is 1. The highest BCUT2D eigenvalue weighted by molar-refractivity contribution is 5.92. The summed E-state index contributed by atoms with van der Waals surface area (Å²) < 4.78 is 5.75. The summed E-state index contributed by atoms with van der Waals surface area (Å²) in [6.45, 7) is 1.83. The summed E-state index contributed by atoms with van der Waals surface area (Å²) in [4.78, 5) is 31.5. The van der Waals surface area contributed by atoms with Gasteiger partial charge in [0.2, 0.25) is 0 Å². The molecule has 0 aliphatic carbocycles. The van der Waals surface area contributed by atoms with Gasteiger partial charge in [0.05, 0.1) is 0 Å². The Balaban J connectivity index is 1.53. The summed E-state index contributed by atoms with van der Waals surface area (Å²) in [6.07, 6.45) is 9.41. The van der Waals surface area contributed by atoms with Crippen LogP contribution in [0.1, 0.15) is 35.3 Å². The first kappa shape index (κ1) is 20.1. The summed E-state index contributed by atoms with van der Waals surface area (Å²) >= 11 is 0. The van der Waals surface area contributed by atoms with E-state index in [0.29, 0.717) is 25.3 Å². The van der Waals surface area contributed by atoms with Crippen molar-refractivity contribution in [2.24, 2.45) is 5.41 Å². The van der Waals surface area contributed by atoms with Crippen molar-refractivity contribution in [1.29, 1.82) is 0 Å². The van der Waals surface area contributed by atoms with Crippen LogP contribution in [-0.2, 0) is 11.2 Å². The maximum Gasteiger partial charge on any atom is 0.272 e. The lowest BCUT2D eigenvalue weighted by atomic mass is 9.76. The zero-order valence-corrected chi connectivity index (χ0v) is 17.0. The number of ether oxygens (including phenoxy) is 1. The Morgan fingerprint density at radius 3 is 2.87 bits per heavy atom. The number of aromatic nitrogens is 1. The highest BCUT2D eigenvalue weighted by atomic mass is 16.5. The molecule has 1 aromatic carbocycles. The minimum absolute atomic E-state index is 0.00656. The number of rotatable bonds is 1. The van der Waals surface area contributed by atoms with Crippen molar-refractivity contribution < 1.29 is 14.3 Å². The van der Waals surface area contributed by atoms with Gasteiger partial charge in [0.25, 0.3) is 11.8 Å². The topological polar surface area (TPSA) is 71.5 Å². The van der Waals surface area contributed by atoms with Crippen molar-refractivity contribution in [3.05, 3.63) is 72.1 Å². The lowest BCUT2D eigenvalue weighted by Gasteiger charge is -2.42. The number of para-hydroxylation sites is 1. The van der Waals surface area contributed by atoms with E-state index >= 15 is 0 Å². The predicted molar refractivity (Wildman–Crippen MR) is 114 cm³/mol. The van der Waals surface area contributed by atoms with Crippen molar-refractivity contribution in [2.45, 2.75) is 25.7 Å². The summed E-state index contributed by atoms with van der Waals surface area (Å²) in [5, 5.41) is 3.04. The molecule has 2 amide bonds. The molecule has 0 unspecified atom stereocenters. The van der Waals surface area contributed by atoms with Gasteiger partial charge >= 0.3 is 0 Å². The third kappa shape index (κ3) is 4.70. The van der Waals surface area contributed by atoms with Gasteiger partial charge in [-0.1, -0.05) is 36.4 Å². The second-order valence-corrected chi connectivity index (χ2v) is 8.10. The molecule has 1 fully saturated rings. The van der Waals surface area contributed by atoms with E-state index in [2.05, 4.69) is 22.5 Å². The molecule has 6 heteroatoms. The minimum atomic E-state index is -0.187. The SMILES string of the molecule is O=C1COc2ccccc2C/C=C/C[C@@]2(CCCN(C(=O)c3ccccn3)C2)CN1. The van der Waals surface area contributed by atoms with E-state index in [1.165, 1.54) is 0 Å². The lowest BCUT2D eigenvalue weighted by molar-refractivity contribution is -0.123. The average molecular weight is 405 g/mol. The molecule has 0 radical (unpaired) electrons. The maximum absolute atomic E-state index is 12.9. The molecule has 1 aromatic heterocycles. The van der Waals surface area contributed by atoms with E-state index < -0.39 is 0 Å². The molecule has 6 nitrogen and oxygen atoms in total. The fourth-order valence-corrected chi connectivity index (χ4v) is 4.25. The van der Waals surface area contributed by atoms with Crippen LogP contribution in [0, 0.1) is 5.41 Å². The molecule has 1 spiro atoms. The summed E-state index contributed by atoms with van der Waals surface area (Å²) in [6, 6.07) is 13.2. The van der Waals surface area contributed by atoms with Gasteiger partial charge in [-0.2, -0.15) is 0 Å². The van der Waals surface area contributed by atoms with E-state index in [0.717, 1.165) is 37.0 Å². The van der Waals surface area contributed by atoms with E-state index in [1.807, 2.05) is 41.3 Å². The van der Waals surface area contributed by atoms with Crippen LogP contribution in [0.3, 0.4) is 0 Å². The van der Waals surface area contributed by atoms with Gasteiger partial charge in [0, 0.05) is 31.2 Å². The molecule has 1 saturated heterocycles. The van der Waals surface area contributed by atoms with E-state index in [-0.39, 0.29) is 23.8 Å². The number of likely N-dealkylation sites (tertiary alicyclic amines) is 1. The van der Waals surface area contributed by atoms with Gasteiger partial charge in [-0.05, 0) is 49.4 Å². The van der Waals surface area contributed by atoms with Gasteiger partial charge in [-0.25, -0.2) is 0 Å². The smallest absolute Gasteiger partial charge is 0.272 e. The summed E-state index contributed by atoms with van der Waals surface area (Å²) in [5.41, 5.74) is 1.34. The fourth-order valence-electron chi connectivity index (χ4n) is 4.25. The van der Waals surface area contributed by atoms with E-state index in [4.69, 9.17) is 4.74 Å². The monoisotopic (exact) mass is 405 g/mol. The molecular formula is C24H27N3O3. The molecule has 3 heterocycles. The predicted octanol–water partition coefficient (Wildman–Crippen LogP) is 3.00. The number of benzene rings is 1. The van der Waals surface area contributed by atoms with Crippen LogP contribution >= 0.6 is 0 Å². The van der Waals surface area contributed by atoms with Crippen molar-refractivity contribution in [1.82, 2.24) is 15.2 Å². The molecule has 2 aliphatic rings. The number of nitrogens with zero attached hydrogens (tertiary/aromatic N) is 2. The maximum atomic E-state index is 12.9. The third-order valence-corrected chi connectivity index (χ3v) is 5.88. The van der Waals surface area contributed by atoms with E-state index in [9.17, 15) is 9.59 Å². The van der Waals surface area contributed by atoms with Crippen molar-refractivity contribution in [2.75, 3.05) is 26.2 Å². The number of pyridine rings is 1. The number of amides is 2. The van der Waals surface area contributed by atoms with Gasteiger partial charge in [0.1, 0.15) is 11.4 Å². The van der Waals surface area contributed by atoms with Crippen LogP contribution in [-0.4, -0.2) is 47.9 Å². The summed E-state index contributed by atoms with van der Waals surface area (Å²) in [7, 11) is 0. The van der Waals surface area contributed by atoms with Crippen LogP contribution in [0.2, 0.25) is 0 Å². The standard InChI is InChI=1S/C24H27N3O3/c28-22-16-30-21-11-2-1-8-19(21)9-3-5-12-24(17-26-22)13-7-15-27(18-24)23(29)20-10-4-6-14-25-20/h1-6,8,10-11,14H,7,9,12-13,15-18H2,(H,26,28)/b5-3+/t24-/m1/s1. The minimum Gasteiger partial charge on any atom is -0.483 e. The number of hydrogen-bond donors (Lipinski definition) is 1. The van der Waals surface area contributed by atoms with Crippen molar-refractivity contribution in [3.8, 4) is 5.75 Å². The number of carbonyl (C=O) groups is 2. The number of carbonyl (C=O) groups excluding carboxylic acids is 2. The highest BCUT2D eigenvalue weighted by Crippen LogP contribution is 2.34. The first-order valence-corrected chi connectivity index (χ1v) is 10.5. The second-order valence-electron chi connectivity index (χ2n) is 8.10. The average Bonchev–Trinajstić information content (AvgIpc) is 2.79. The Hall–Kier alpha value is -3.15. The number of fused-ring (bicyclic) bond motifs is 1. The van der Waals surface area contributed by atoms with Crippen LogP contribution in [0.15, 0.2) is 60.8 Å². The van der Waals surface area contributed by atoms with Crippen LogP contribution in [0.25, 0.3) is 0 Å². The van der Waals surface area contributed by atoms with Gasteiger partial charge in [0.15, 0.2) is 6.61 Å². The Morgan fingerprint density at radius 2 is 2.00 bits per heavy atom. The third-order valence-electron chi connectivity index (χ3n) is 5.88. The fraction of sp³-hybridized carbons (Fsp3) is 0.375. The summed E-state index contributed by atoms with van der Waals surface area (Å²) in [5.74, 6) is 0.563. The molecule has 0 saturated carbocycles. The lowest BCUT2D eigenvalue weighted by Crippen LogP contribution is -2.51. The molecule has 156 valence electrons. The molecule has 4 rings (SSSR count). The molecule has 0 bridgehead atoms. The van der Waals surface area contributed by atoms with Gasteiger partial charge in [-0.15, -0.1) is 0 Å². The number of nitrogens with one attached hydrogen (secondary N) is 1. The Labute approximate surface area is 176 Å². The number of hydrogen-bond acceptors (Lipinski definition) is 4. The quantitative estimate of drug-likeness (QED) is 0.741. The van der Waals surface area contributed by atoms with Crippen LogP contribution < -0.4 is 10.1 Å². The van der Waals surface area contributed by atoms with Gasteiger partial charge < -0.3 is 15.0 Å². The first-order chi connectivity index (χ1) is 14.7. The molecule has 2 aromatic rings. The molecular weight excluding hydrogens is 378 g/mol. The Bertz CT molecular complexity index is 928. The van der Waals surface area contributed by atoms with Gasteiger partial charge in [-0.3, -0.25) is 14.6 Å². The van der Waals surface area contributed by atoms with Crippen LogP contribution in [0.4, 0.5) is 0 Å². The second kappa shape index (κ2) is 9.11. The Morgan fingerprint density at radius 1 is 1.13 bits per heavy atom. The molecule has 1 atom stereocenters. The van der Waals surface area contributed by atoms with Crippen LogP contribution in [0.5, 0.6) is 5.75 Å². The molecule has 1 N–H and O–H groups in total. The normalized spacial score (nSPS) is 23.3. The molecule has 30 heavy (non-hydrogen) atoms. The van der Waals surface area contributed by atoms with E-state index in [1.54, 1.807) is 12.3 Å². The first-order valence-electron chi connectivity index (χ1n) is 10.5. The number of allylic oxidation sites excluding steroid dienone is 2. The largest absolute Gasteiger partial charge is 0.483 e. The molecule has 2 aliphatic heterocycles.